The zero-order chi connectivity index (χ0) is 12.5. The van der Waals surface area contributed by atoms with Gasteiger partial charge in [0.2, 0.25) is 0 Å². The maximum absolute atomic E-state index is 12.9. The third kappa shape index (κ3) is 1.87. The van der Waals surface area contributed by atoms with Gasteiger partial charge in [-0.3, -0.25) is 0 Å². The molecule has 0 saturated heterocycles. The molecular weight excluding hydrogens is 231 g/mol. The minimum Gasteiger partial charge on any atom is -0.392 e. The number of aliphatic hydroxyl groups is 1. The van der Waals surface area contributed by atoms with Crippen LogP contribution < -0.4 is 0 Å². The molecule has 4 heteroatoms. The Labute approximate surface area is 103 Å². The first-order chi connectivity index (χ1) is 8.76. The van der Waals surface area contributed by atoms with E-state index in [2.05, 4.69) is 4.98 Å². The van der Waals surface area contributed by atoms with Gasteiger partial charge in [0.1, 0.15) is 11.5 Å². The summed E-state index contributed by atoms with van der Waals surface area (Å²) in [6.45, 7) is -0.00472. The Hall–Kier alpha value is -2.20. The van der Waals surface area contributed by atoms with Crippen LogP contribution in [0.4, 0.5) is 4.39 Å². The second-order valence-electron chi connectivity index (χ2n) is 4.09. The number of hydrogen-bond acceptors (Lipinski definition) is 2. The van der Waals surface area contributed by atoms with E-state index in [1.165, 1.54) is 12.1 Å². The average Bonchev–Trinajstić information content (AvgIpc) is 2.82. The van der Waals surface area contributed by atoms with Crippen LogP contribution in [0.2, 0.25) is 0 Å². The monoisotopic (exact) mass is 242 g/mol. The smallest absolute Gasteiger partial charge is 0.137 e. The second-order valence-corrected chi connectivity index (χ2v) is 4.09. The van der Waals surface area contributed by atoms with Gasteiger partial charge in [0.05, 0.1) is 12.3 Å². The van der Waals surface area contributed by atoms with Crippen LogP contribution in [0.3, 0.4) is 0 Å². The summed E-state index contributed by atoms with van der Waals surface area (Å²) in [4.78, 5) is 4.45. The van der Waals surface area contributed by atoms with E-state index >= 15 is 0 Å². The molecule has 90 valence electrons. The van der Waals surface area contributed by atoms with Gasteiger partial charge >= 0.3 is 0 Å². The Morgan fingerprint density at radius 2 is 1.94 bits per heavy atom. The highest BCUT2D eigenvalue weighted by Gasteiger charge is 2.05. The largest absolute Gasteiger partial charge is 0.392 e. The first kappa shape index (κ1) is 10.9. The predicted molar refractivity (Wildman–Crippen MR) is 66.5 cm³/mol. The van der Waals surface area contributed by atoms with Crippen molar-refractivity contribution in [1.29, 1.82) is 0 Å². The van der Waals surface area contributed by atoms with E-state index in [0.29, 0.717) is 0 Å². The number of aromatic nitrogens is 2. The van der Waals surface area contributed by atoms with Crippen molar-refractivity contribution in [2.75, 3.05) is 0 Å². The van der Waals surface area contributed by atoms with E-state index in [9.17, 15) is 4.39 Å². The molecule has 3 rings (SSSR count). The number of benzene rings is 1. The lowest BCUT2D eigenvalue weighted by atomic mass is 10.2. The molecule has 3 nitrogen and oxygen atoms in total. The number of nitrogens with zero attached hydrogens (tertiary/aromatic N) is 2. The molecule has 0 spiro atoms. The fraction of sp³-hybridized carbons (Fsp3) is 0.0714. The average molecular weight is 242 g/mol. The number of pyridine rings is 1. The Morgan fingerprint density at radius 3 is 2.67 bits per heavy atom. The van der Waals surface area contributed by atoms with E-state index < -0.39 is 0 Å². The van der Waals surface area contributed by atoms with Crippen molar-refractivity contribution in [2.24, 2.45) is 0 Å². The van der Waals surface area contributed by atoms with E-state index in [0.717, 1.165) is 22.5 Å². The van der Waals surface area contributed by atoms with E-state index in [1.807, 2.05) is 28.9 Å². The summed E-state index contributed by atoms with van der Waals surface area (Å²) >= 11 is 0. The highest BCUT2D eigenvalue weighted by molar-refractivity contribution is 5.62. The van der Waals surface area contributed by atoms with Crippen LogP contribution in [0, 0.1) is 5.82 Å². The molecule has 2 aromatic heterocycles. The van der Waals surface area contributed by atoms with Gasteiger partial charge in [-0.05, 0) is 42.0 Å². The van der Waals surface area contributed by atoms with E-state index in [4.69, 9.17) is 5.11 Å². The molecular formula is C14H11FN2O. The van der Waals surface area contributed by atoms with Crippen LogP contribution in [-0.4, -0.2) is 14.5 Å². The fourth-order valence-electron chi connectivity index (χ4n) is 1.88. The summed E-state index contributed by atoms with van der Waals surface area (Å²) in [5.41, 5.74) is 3.23. The van der Waals surface area contributed by atoms with Gasteiger partial charge in [0.25, 0.3) is 0 Å². The third-order valence-electron chi connectivity index (χ3n) is 2.85. The van der Waals surface area contributed by atoms with Gasteiger partial charge < -0.3 is 9.51 Å². The Kier molecular flexibility index (Phi) is 2.57. The molecule has 1 N–H and O–H groups in total. The standard InChI is InChI=1S/C14H11FN2O/c15-12-3-1-11(2-4-12)13-8-17-6-5-10(9-18)7-14(17)16-13/h1-8,18H,9H2. The molecule has 0 fully saturated rings. The van der Waals surface area contributed by atoms with Gasteiger partial charge in [-0.2, -0.15) is 0 Å². The quantitative estimate of drug-likeness (QED) is 0.750. The topological polar surface area (TPSA) is 37.5 Å². The first-order valence-electron chi connectivity index (χ1n) is 5.61. The van der Waals surface area contributed by atoms with Crippen LogP contribution in [-0.2, 0) is 6.61 Å². The number of halogens is 1. The Balaban J connectivity index is 2.10. The molecule has 0 saturated carbocycles. The molecule has 0 aliphatic rings. The number of fused-ring (bicyclic) bond motifs is 1. The van der Waals surface area contributed by atoms with E-state index in [1.54, 1.807) is 12.1 Å². The highest BCUT2D eigenvalue weighted by atomic mass is 19.1. The van der Waals surface area contributed by atoms with Gasteiger partial charge in [0.15, 0.2) is 0 Å². The molecule has 0 radical (unpaired) electrons. The summed E-state index contributed by atoms with van der Waals surface area (Å²) in [6, 6.07) is 9.89. The van der Waals surface area contributed by atoms with Crippen LogP contribution >= 0.6 is 0 Å². The summed E-state index contributed by atoms with van der Waals surface area (Å²) in [5.74, 6) is -0.259. The van der Waals surface area contributed by atoms with Crippen molar-refractivity contribution < 1.29 is 9.50 Å². The minimum absolute atomic E-state index is 0.00472. The highest BCUT2D eigenvalue weighted by Crippen LogP contribution is 2.19. The SMILES string of the molecule is OCc1ccn2cc(-c3ccc(F)cc3)nc2c1. The lowest BCUT2D eigenvalue weighted by Gasteiger charge is -1.95. The molecule has 0 atom stereocenters. The number of hydrogen-bond donors (Lipinski definition) is 1. The molecule has 18 heavy (non-hydrogen) atoms. The Bertz CT molecular complexity index is 689. The van der Waals surface area contributed by atoms with Gasteiger partial charge in [0, 0.05) is 18.0 Å². The number of imidazole rings is 1. The maximum Gasteiger partial charge on any atom is 0.137 e. The molecule has 1 aromatic carbocycles. The van der Waals surface area contributed by atoms with Gasteiger partial charge in [-0.1, -0.05) is 0 Å². The molecule has 0 aliphatic carbocycles. The lowest BCUT2D eigenvalue weighted by Crippen LogP contribution is -1.87. The van der Waals surface area contributed by atoms with E-state index in [-0.39, 0.29) is 12.4 Å². The molecule has 3 aromatic rings. The first-order valence-corrected chi connectivity index (χ1v) is 5.61. The summed E-state index contributed by atoms with van der Waals surface area (Å²) in [7, 11) is 0. The summed E-state index contributed by atoms with van der Waals surface area (Å²) in [6.07, 6.45) is 3.73. The maximum atomic E-state index is 12.9. The van der Waals surface area contributed by atoms with Gasteiger partial charge in [-0.25, -0.2) is 9.37 Å². The van der Waals surface area contributed by atoms with Crippen molar-refractivity contribution in [3.8, 4) is 11.3 Å². The number of aliphatic hydroxyl groups excluding tert-OH is 1. The third-order valence-corrected chi connectivity index (χ3v) is 2.85. The van der Waals surface area contributed by atoms with Crippen molar-refractivity contribution in [1.82, 2.24) is 9.38 Å². The second kappa shape index (κ2) is 4.23. The zero-order valence-corrected chi connectivity index (χ0v) is 9.55. The van der Waals surface area contributed by atoms with Crippen LogP contribution in [0.5, 0.6) is 0 Å². The summed E-state index contributed by atoms with van der Waals surface area (Å²) in [5, 5.41) is 9.07. The van der Waals surface area contributed by atoms with Crippen molar-refractivity contribution in [2.45, 2.75) is 6.61 Å². The number of rotatable bonds is 2. The molecule has 0 aliphatic heterocycles. The zero-order valence-electron chi connectivity index (χ0n) is 9.55. The molecule has 0 amide bonds. The van der Waals surface area contributed by atoms with Crippen molar-refractivity contribution in [3.05, 3.63) is 60.2 Å². The normalized spacial score (nSPS) is 11.0. The Morgan fingerprint density at radius 1 is 1.17 bits per heavy atom. The lowest BCUT2D eigenvalue weighted by molar-refractivity contribution is 0.282. The minimum atomic E-state index is -0.259. The van der Waals surface area contributed by atoms with Gasteiger partial charge in [-0.15, -0.1) is 0 Å². The van der Waals surface area contributed by atoms with Crippen molar-refractivity contribution in [3.63, 3.8) is 0 Å². The van der Waals surface area contributed by atoms with Crippen LogP contribution in [0.25, 0.3) is 16.9 Å². The summed E-state index contributed by atoms with van der Waals surface area (Å²) < 4.78 is 14.7. The molecule has 0 unspecified atom stereocenters. The fourth-order valence-corrected chi connectivity index (χ4v) is 1.88. The molecule has 0 bridgehead atoms. The van der Waals surface area contributed by atoms with Crippen molar-refractivity contribution >= 4 is 5.65 Å². The molecule has 2 heterocycles. The predicted octanol–water partition coefficient (Wildman–Crippen LogP) is 2.63. The van der Waals surface area contributed by atoms with Crippen LogP contribution in [0.15, 0.2) is 48.8 Å². The van der Waals surface area contributed by atoms with Crippen LogP contribution in [0.1, 0.15) is 5.56 Å².